The summed E-state index contributed by atoms with van der Waals surface area (Å²) in [5.41, 5.74) is 5.35. The molecule has 4 aromatic rings. The monoisotopic (exact) mass is 530 g/mol. The van der Waals surface area contributed by atoms with Crippen LogP contribution in [0.4, 0.5) is 17.5 Å². The molecule has 0 bridgehead atoms. The molecule has 39 heavy (non-hydrogen) atoms. The van der Waals surface area contributed by atoms with Crippen LogP contribution in [0.2, 0.25) is 0 Å². The lowest BCUT2D eigenvalue weighted by Gasteiger charge is -2.36. The summed E-state index contributed by atoms with van der Waals surface area (Å²) in [6.07, 6.45) is 9.02. The predicted molar refractivity (Wildman–Crippen MR) is 154 cm³/mol. The molecule has 5 rings (SSSR count). The van der Waals surface area contributed by atoms with Gasteiger partial charge in [-0.25, -0.2) is 15.0 Å². The van der Waals surface area contributed by atoms with Crippen molar-refractivity contribution in [3.8, 4) is 11.3 Å². The van der Waals surface area contributed by atoms with Crippen molar-refractivity contribution in [1.82, 2.24) is 39.5 Å². The Kier molecular flexibility index (Phi) is 7.89. The van der Waals surface area contributed by atoms with Gasteiger partial charge < -0.3 is 20.5 Å². The summed E-state index contributed by atoms with van der Waals surface area (Å²) in [5, 5.41) is 12.0. The van der Waals surface area contributed by atoms with Gasteiger partial charge in [0, 0.05) is 68.5 Å². The van der Waals surface area contributed by atoms with Gasteiger partial charge in [0.1, 0.15) is 0 Å². The quantitative estimate of drug-likeness (QED) is 0.299. The van der Waals surface area contributed by atoms with Crippen LogP contribution in [-0.2, 0) is 17.8 Å². The number of rotatable bonds is 9. The SMILES string of the molecule is CCc1nn(CC)cc1Nc1ncc(C)c(-c2c[nH]c3c(NC(=O)C(CC)N4CCN(C)CC4)nccc23)n1. The van der Waals surface area contributed by atoms with Gasteiger partial charge in [0.05, 0.1) is 28.6 Å². The molecule has 0 radical (unpaired) electrons. The number of aromatic nitrogens is 6. The molecule has 11 nitrogen and oxygen atoms in total. The van der Waals surface area contributed by atoms with E-state index >= 15 is 0 Å². The second-order valence-corrected chi connectivity index (χ2v) is 10.1. The van der Waals surface area contributed by atoms with Crippen LogP contribution in [0, 0.1) is 6.92 Å². The lowest BCUT2D eigenvalue weighted by Crippen LogP contribution is -2.52. The number of amides is 1. The van der Waals surface area contributed by atoms with Gasteiger partial charge >= 0.3 is 0 Å². The van der Waals surface area contributed by atoms with E-state index in [1.165, 1.54) is 0 Å². The summed E-state index contributed by atoms with van der Waals surface area (Å²) in [6.45, 7) is 12.7. The summed E-state index contributed by atoms with van der Waals surface area (Å²) < 4.78 is 1.91. The highest BCUT2D eigenvalue weighted by molar-refractivity contribution is 6.05. The minimum Gasteiger partial charge on any atom is -0.357 e. The van der Waals surface area contributed by atoms with E-state index in [1.807, 2.05) is 36.3 Å². The number of anilines is 3. The highest BCUT2D eigenvalue weighted by atomic mass is 16.2. The summed E-state index contributed by atoms with van der Waals surface area (Å²) in [7, 11) is 2.12. The van der Waals surface area contributed by atoms with E-state index in [9.17, 15) is 4.79 Å². The van der Waals surface area contributed by atoms with Crippen LogP contribution < -0.4 is 10.6 Å². The Bertz CT molecular complexity index is 1450. The van der Waals surface area contributed by atoms with Gasteiger partial charge in [-0.05, 0) is 45.4 Å². The van der Waals surface area contributed by atoms with E-state index in [4.69, 9.17) is 4.98 Å². The van der Waals surface area contributed by atoms with Gasteiger partial charge in [-0.15, -0.1) is 0 Å². The number of pyridine rings is 1. The van der Waals surface area contributed by atoms with Crippen molar-refractivity contribution in [3.05, 3.63) is 42.1 Å². The molecule has 0 aromatic carbocycles. The van der Waals surface area contributed by atoms with Crippen molar-refractivity contribution in [2.45, 2.75) is 53.1 Å². The van der Waals surface area contributed by atoms with Gasteiger partial charge in [0.2, 0.25) is 11.9 Å². The molecule has 5 heterocycles. The minimum atomic E-state index is -0.187. The molecule has 1 fully saturated rings. The van der Waals surface area contributed by atoms with E-state index in [0.29, 0.717) is 11.8 Å². The Labute approximate surface area is 229 Å². The minimum absolute atomic E-state index is 0.0257. The van der Waals surface area contributed by atoms with Gasteiger partial charge in [-0.3, -0.25) is 14.4 Å². The van der Waals surface area contributed by atoms with Crippen LogP contribution in [0.25, 0.3) is 22.2 Å². The molecule has 0 saturated carbocycles. The lowest BCUT2D eigenvalue weighted by molar-refractivity contribution is -0.122. The number of nitrogens with zero attached hydrogens (tertiary/aromatic N) is 7. The molecule has 4 aromatic heterocycles. The normalized spacial score (nSPS) is 15.5. The van der Waals surface area contributed by atoms with Gasteiger partial charge in [0.15, 0.2) is 5.82 Å². The largest absolute Gasteiger partial charge is 0.357 e. The molecule has 0 spiro atoms. The highest BCUT2D eigenvalue weighted by Crippen LogP contribution is 2.33. The van der Waals surface area contributed by atoms with Gasteiger partial charge in [-0.2, -0.15) is 5.10 Å². The number of hydrogen-bond acceptors (Lipinski definition) is 8. The molecule has 0 aliphatic carbocycles. The molecule has 1 aliphatic rings. The zero-order valence-corrected chi connectivity index (χ0v) is 23.5. The first-order valence-corrected chi connectivity index (χ1v) is 13.8. The number of aromatic amines is 1. The molecule has 206 valence electrons. The topological polar surface area (TPSA) is 120 Å². The molecule has 1 saturated heterocycles. The van der Waals surface area contributed by atoms with Crippen molar-refractivity contribution >= 4 is 34.3 Å². The predicted octanol–water partition coefficient (Wildman–Crippen LogP) is 3.82. The average Bonchev–Trinajstić information content (AvgIpc) is 3.55. The Morgan fingerprint density at radius 3 is 2.67 bits per heavy atom. The Morgan fingerprint density at radius 1 is 1.15 bits per heavy atom. The van der Waals surface area contributed by atoms with Crippen molar-refractivity contribution in [2.24, 2.45) is 0 Å². The zero-order chi connectivity index (χ0) is 27.5. The lowest BCUT2D eigenvalue weighted by atomic mass is 10.1. The maximum absolute atomic E-state index is 13.3. The Morgan fingerprint density at radius 2 is 1.95 bits per heavy atom. The van der Waals surface area contributed by atoms with Gasteiger partial charge in [-0.1, -0.05) is 13.8 Å². The molecular weight excluding hydrogens is 492 g/mol. The first-order chi connectivity index (χ1) is 18.9. The van der Waals surface area contributed by atoms with Gasteiger partial charge in [0.25, 0.3) is 0 Å². The first-order valence-electron chi connectivity index (χ1n) is 13.8. The van der Waals surface area contributed by atoms with Crippen LogP contribution in [-0.4, -0.2) is 84.7 Å². The fraction of sp³-hybridized carbons (Fsp3) is 0.464. The molecule has 11 heteroatoms. The van der Waals surface area contributed by atoms with E-state index in [1.54, 1.807) is 6.20 Å². The number of nitrogens with one attached hydrogen (secondary N) is 3. The van der Waals surface area contributed by atoms with Crippen molar-refractivity contribution in [2.75, 3.05) is 43.9 Å². The highest BCUT2D eigenvalue weighted by Gasteiger charge is 2.27. The number of carbonyl (C=O) groups is 1. The number of likely N-dealkylation sites (N-methyl/N-ethyl adjacent to an activating group) is 1. The maximum atomic E-state index is 13.3. The van der Waals surface area contributed by atoms with Crippen molar-refractivity contribution < 1.29 is 4.79 Å². The second kappa shape index (κ2) is 11.5. The van der Waals surface area contributed by atoms with E-state index in [-0.39, 0.29) is 11.9 Å². The number of hydrogen-bond donors (Lipinski definition) is 3. The summed E-state index contributed by atoms with van der Waals surface area (Å²) >= 11 is 0. The third-order valence-corrected chi connectivity index (χ3v) is 7.48. The van der Waals surface area contributed by atoms with E-state index < -0.39 is 0 Å². The maximum Gasteiger partial charge on any atom is 0.242 e. The van der Waals surface area contributed by atoms with Crippen LogP contribution in [0.5, 0.6) is 0 Å². The molecule has 1 unspecified atom stereocenters. The number of carbonyl (C=O) groups excluding carboxylic acids is 1. The third kappa shape index (κ3) is 5.50. The second-order valence-electron chi connectivity index (χ2n) is 10.1. The van der Waals surface area contributed by atoms with Crippen LogP contribution in [0.15, 0.2) is 30.9 Å². The van der Waals surface area contributed by atoms with Crippen LogP contribution in [0.1, 0.15) is 38.4 Å². The smallest absolute Gasteiger partial charge is 0.242 e. The molecular formula is C28H38N10O. The summed E-state index contributed by atoms with van der Waals surface area (Å²) in [6, 6.07) is 1.76. The Hall–Kier alpha value is -3.83. The number of H-pyrrole nitrogens is 1. The molecule has 1 amide bonds. The molecule has 1 aliphatic heterocycles. The third-order valence-electron chi connectivity index (χ3n) is 7.48. The van der Waals surface area contributed by atoms with Crippen molar-refractivity contribution in [1.29, 1.82) is 0 Å². The molecule has 3 N–H and O–H groups in total. The summed E-state index contributed by atoms with van der Waals surface area (Å²) in [4.78, 5) is 35.1. The number of fused-ring (bicyclic) bond motifs is 1. The fourth-order valence-electron chi connectivity index (χ4n) is 5.17. The fourth-order valence-corrected chi connectivity index (χ4v) is 5.17. The van der Waals surface area contributed by atoms with Crippen LogP contribution in [0.3, 0.4) is 0 Å². The standard InChI is InChI=1S/C28H38N10O/c1-6-21-22(17-38(8-3)35-21)32-28-31-15-18(4)24(33-28)20-16-30-25-19(20)9-10-29-26(25)34-27(39)23(7-2)37-13-11-36(5)12-14-37/h9-10,15-17,23,30H,6-8,11-14H2,1-5H3,(H,29,34,39)(H,31,32,33). The van der Waals surface area contributed by atoms with E-state index in [0.717, 1.165) is 84.7 Å². The van der Waals surface area contributed by atoms with E-state index in [2.05, 4.69) is 68.3 Å². The van der Waals surface area contributed by atoms with Crippen LogP contribution >= 0.6 is 0 Å². The molecule has 1 atom stereocenters. The Balaban J connectivity index is 1.41. The van der Waals surface area contributed by atoms with Crippen molar-refractivity contribution in [3.63, 3.8) is 0 Å². The number of aryl methyl sites for hydroxylation is 3. The number of piperazine rings is 1. The summed E-state index contributed by atoms with van der Waals surface area (Å²) in [5.74, 6) is 1.01. The zero-order valence-electron chi connectivity index (χ0n) is 23.5. The average molecular weight is 531 g/mol. The first kappa shape index (κ1) is 26.8.